The van der Waals surface area contributed by atoms with Gasteiger partial charge < -0.3 is 8.83 Å². The van der Waals surface area contributed by atoms with Crippen molar-refractivity contribution in [1.82, 2.24) is 0 Å². The van der Waals surface area contributed by atoms with Crippen molar-refractivity contribution in [2.45, 2.75) is 0 Å². The molecule has 192 valence electrons. The molecule has 0 fully saturated rings. The molecule has 41 heavy (non-hydrogen) atoms. The highest BCUT2D eigenvalue weighted by Crippen LogP contribution is 2.41. The van der Waals surface area contributed by atoms with E-state index < -0.39 is 0 Å². The van der Waals surface area contributed by atoms with E-state index in [9.17, 15) is 4.79 Å². The molecular formula is C37H20O3S. The van der Waals surface area contributed by atoms with Crippen molar-refractivity contribution in [1.29, 1.82) is 0 Å². The van der Waals surface area contributed by atoms with E-state index in [0.717, 1.165) is 44.2 Å². The van der Waals surface area contributed by atoms with Crippen molar-refractivity contribution in [2.24, 2.45) is 0 Å². The maximum Gasteiger partial charge on any atom is 0.200 e. The zero-order chi connectivity index (χ0) is 27.1. The van der Waals surface area contributed by atoms with Gasteiger partial charge in [-0.1, -0.05) is 84.9 Å². The zero-order valence-electron chi connectivity index (χ0n) is 21.7. The molecule has 0 aliphatic heterocycles. The number of benzene rings is 6. The summed E-state index contributed by atoms with van der Waals surface area (Å²) in [6.07, 6.45) is 0. The minimum Gasteiger partial charge on any atom is -0.456 e. The monoisotopic (exact) mass is 544 g/mol. The molecule has 3 heterocycles. The molecule has 0 N–H and O–H groups in total. The highest BCUT2D eigenvalue weighted by atomic mass is 32.1. The predicted molar refractivity (Wildman–Crippen MR) is 171 cm³/mol. The molecule has 0 spiro atoms. The van der Waals surface area contributed by atoms with Gasteiger partial charge in [0.1, 0.15) is 22.3 Å². The Labute approximate surface area is 237 Å². The molecule has 0 aliphatic carbocycles. The van der Waals surface area contributed by atoms with Crippen LogP contribution in [0.15, 0.2) is 135 Å². The number of rotatable bonds is 2. The van der Waals surface area contributed by atoms with Gasteiger partial charge in [0.15, 0.2) is 0 Å². The van der Waals surface area contributed by atoms with E-state index in [1.54, 1.807) is 11.3 Å². The lowest BCUT2D eigenvalue weighted by molar-refractivity contribution is 0.660. The Morgan fingerprint density at radius 1 is 0.463 bits per heavy atom. The second kappa shape index (κ2) is 8.40. The predicted octanol–water partition coefficient (Wildman–Crippen LogP) is 10.5. The van der Waals surface area contributed by atoms with Crippen molar-refractivity contribution < 1.29 is 8.83 Å². The average Bonchev–Trinajstić information content (AvgIpc) is 3.60. The van der Waals surface area contributed by atoms with Gasteiger partial charge >= 0.3 is 0 Å². The van der Waals surface area contributed by atoms with E-state index >= 15 is 0 Å². The Kier molecular flexibility index (Phi) is 4.63. The third-order valence-electron chi connectivity index (χ3n) is 8.10. The molecule has 9 aromatic rings. The lowest BCUT2D eigenvalue weighted by atomic mass is 9.99. The van der Waals surface area contributed by atoms with Crippen LogP contribution in [0, 0.1) is 0 Å². The summed E-state index contributed by atoms with van der Waals surface area (Å²) in [4.78, 5) is 14.0. The molecule has 4 heteroatoms. The second-order valence-corrected chi connectivity index (χ2v) is 11.5. The van der Waals surface area contributed by atoms with E-state index in [2.05, 4.69) is 54.6 Å². The summed E-state index contributed by atoms with van der Waals surface area (Å²) in [6, 6.07) is 40.8. The lowest BCUT2D eigenvalue weighted by Crippen LogP contribution is -2.02. The largest absolute Gasteiger partial charge is 0.456 e. The van der Waals surface area contributed by atoms with Gasteiger partial charge in [-0.05, 0) is 53.1 Å². The summed E-state index contributed by atoms with van der Waals surface area (Å²) in [5.41, 5.74) is 6.78. The Balaban J connectivity index is 1.25. The van der Waals surface area contributed by atoms with Crippen LogP contribution < -0.4 is 5.43 Å². The Morgan fingerprint density at radius 3 is 1.88 bits per heavy atom. The number of fused-ring (bicyclic) bond motifs is 8. The van der Waals surface area contributed by atoms with Crippen molar-refractivity contribution >= 4 is 75.4 Å². The smallest absolute Gasteiger partial charge is 0.200 e. The van der Waals surface area contributed by atoms with Crippen LogP contribution in [0.4, 0.5) is 0 Å². The minimum absolute atomic E-state index is 0.0368. The second-order valence-electron chi connectivity index (χ2n) is 10.4. The number of hydrogen-bond acceptors (Lipinski definition) is 4. The summed E-state index contributed by atoms with van der Waals surface area (Å²) in [7, 11) is 0. The van der Waals surface area contributed by atoms with Crippen LogP contribution in [0.3, 0.4) is 0 Å². The minimum atomic E-state index is -0.0368. The Bertz CT molecular complexity index is 2390. The molecule has 0 amide bonds. The van der Waals surface area contributed by atoms with Crippen LogP contribution in [0.5, 0.6) is 0 Å². The van der Waals surface area contributed by atoms with Gasteiger partial charge in [0, 0.05) is 36.5 Å². The van der Waals surface area contributed by atoms with Crippen molar-refractivity contribution in [3.63, 3.8) is 0 Å². The topological polar surface area (TPSA) is 43.4 Å². The van der Waals surface area contributed by atoms with Gasteiger partial charge in [-0.25, -0.2) is 0 Å². The fourth-order valence-electron chi connectivity index (χ4n) is 6.14. The first-order valence-electron chi connectivity index (χ1n) is 13.5. The first-order valence-corrected chi connectivity index (χ1v) is 14.4. The van der Waals surface area contributed by atoms with E-state index in [-0.39, 0.29) is 5.43 Å². The Morgan fingerprint density at radius 2 is 1.07 bits per heavy atom. The number of hydrogen-bond donors (Lipinski definition) is 0. The van der Waals surface area contributed by atoms with Crippen molar-refractivity contribution in [3.05, 3.63) is 132 Å². The summed E-state index contributed by atoms with van der Waals surface area (Å²) in [6.45, 7) is 0. The van der Waals surface area contributed by atoms with Gasteiger partial charge in [-0.2, -0.15) is 0 Å². The molecule has 3 nitrogen and oxygen atoms in total. The SMILES string of the molecule is O=c1c2cc(-c3cccc4c3oc3ccccc34)ccc2oc2ccc(-c3cccc4c3sc3ccccc34)cc12. The fraction of sp³-hybridized carbons (Fsp3) is 0. The molecular weight excluding hydrogens is 524 g/mol. The van der Waals surface area contributed by atoms with Crippen molar-refractivity contribution in [2.75, 3.05) is 0 Å². The first kappa shape index (κ1) is 22.6. The van der Waals surface area contributed by atoms with Crippen LogP contribution in [0.1, 0.15) is 0 Å². The molecule has 0 bridgehead atoms. The number of thiophene rings is 1. The molecule has 0 saturated carbocycles. The van der Waals surface area contributed by atoms with Crippen LogP contribution >= 0.6 is 11.3 Å². The van der Waals surface area contributed by atoms with E-state index in [4.69, 9.17) is 8.83 Å². The molecule has 9 rings (SSSR count). The lowest BCUT2D eigenvalue weighted by Gasteiger charge is -2.08. The van der Waals surface area contributed by atoms with Gasteiger partial charge in [0.05, 0.1) is 10.8 Å². The third kappa shape index (κ3) is 3.28. The first-order chi connectivity index (χ1) is 20.2. The van der Waals surface area contributed by atoms with Crippen molar-refractivity contribution in [3.8, 4) is 22.3 Å². The van der Waals surface area contributed by atoms with Gasteiger partial charge in [-0.15, -0.1) is 11.3 Å². The van der Waals surface area contributed by atoms with Crippen LogP contribution in [0.25, 0.3) is 86.3 Å². The van der Waals surface area contributed by atoms with E-state index in [1.807, 2.05) is 66.7 Å². The molecule has 0 unspecified atom stereocenters. The third-order valence-corrected chi connectivity index (χ3v) is 9.32. The summed E-state index contributed by atoms with van der Waals surface area (Å²) >= 11 is 1.79. The highest BCUT2D eigenvalue weighted by molar-refractivity contribution is 7.26. The molecule has 0 atom stereocenters. The summed E-state index contributed by atoms with van der Waals surface area (Å²) < 4.78 is 15.0. The van der Waals surface area contributed by atoms with Crippen LogP contribution in [0.2, 0.25) is 0 Å². The van der Waals surface area contributed by atoms with Gasteiger partial charge in [-0.3, -0.25) is 4.79 Å². The van der Waals surface area contributed by atoms with Crippen LogP contribution in [-0.2, 0) is 0 Å². The van der Waals surface area contributed by atoms with E-state index in [0.29, 0.717) is 21.9 Å². The summed E-state index contributed by atoms with van der Waals surface area (Å²) in [5, 5.41) is 5.76. The quantitative estimate of drug-likeness (QED) is 0.203. The van der Waals surface area contributed by atoms with Gasteiger partial charge in [0.25, 0.3) is 0 Å². The maximum absolute atomic E-state index is 14.0. The highest BCUT2D eigenvalue weighted by Gasteiger charge is 2.16. The normalized spacial score (nSPS) is 12.0. The fourth-order valence-corrected chi connectivity index (χ4v) is 7.38. The molecule has 6 aromatic carbocycles. The molecule has 0 saturated heterocycles. The number of para-hydroxylation sites is 2. The van der Waals surface area contributed by atoms with Crippen LogP contribution in [-0.4, -0.2) is 0 Å². The number of furan rings is 1. The van der Waals surface area contributed by atoms with E-state index in [1.165, 1.54) is 20.2 Å². The molecule has 3 aromatic heterocycles. The molecule has 0 radical (unpaired) electrons. The van der Waals surface area contributed by atoms with Gasteiger partial charge in [0.2, 0.25) is 5.43 Å². The Hall–Kier alpha value is -5.19. The molecule has 0 aliphatic rings. The maximum atomic E-state index is 14.0. The average molecular weight is 545 g/mol. The summed E-state index contributed by atoms with van der Waals surface area (Å²) in [5.74, 6) is 0. The standard InChI is InChI=1S/C37H20O3S/c38-35-29-19-21(23-9-5-11-27-25-7-1-3-13-31(25)40-36(23)27)15-17-32(29)39-33-18-16-22(20-30(33)35)24-10-6-12-28-26-8-2-4-14-34(26)41-37(24)28/h1-20H. The zero-order valence-corrected chi connectivity index (χ0v) is 22.5.